The van der Waals surface area contributed by atoms with Crippen molar-refractivity contribution < 1.29 is 29.2 Å². The first kappa shape index (κ1) is 26.5. The molecule has 0 aromatic heterocycles. The van der Waals surface area contributed by atoms with Crippen LogP contribution in [0, 0.1) is 17.8 Å². The molecule has 7 rings (SSSR count). The Kier molecular flexibility index (Phi) is 7.64. The zero-order valence-corrected chi connectivity index (χ0v) is 22.5. The lowest BCUT2D eigenvalue weighted by atomic mass is 9.48. The summed E-state index contributed by atoms with van der Waals surface area (Å²) in [5.41, 5.74) is 3.86. The Morgan fingerprint density at radius 3 is 2.08 bits per heavy atom. The molecule has 6 nitrogen and oxygen atoms in total. The molecule has 0 aliphatic heterocycles. The third-order valence-electron chi connectivity index (χ3n) is 8.60. The number of carboxylic acid groups (broad SMARTS) is 1. The SMILES string of the molecule is CC(=O)O.COC(C)OCOc1cc2ccc(-c3ccc(O)cc3)cc2cc1C12CC3CC(CC(C3)C1)C2. The molecule has 4 saturated carbocycles. The van der Waals surface area contributed by atoms with E-state index in [2.05, 4.69) is 30.3 Å². The molecule has 4 aliphatic carbocycles. The van der Waals surface area contributed by atoms with Crippen molar-refractivity contribution in [2.24, 2.45) is 17.8 Å². The van der Waals surface area contributed by atoms with Crippen molar-refractivity contribution in [1.82, 2.24) is 0 Å². The lowest BCUT2D eigenvalue weighted by Gasteiger charge is -2.57. The lowest BCUT2D eigenvalue weighted by Crippen LogP contribution is -2.48. The Balaban J connectivity index is 0.000000689. The van der Waals surface area contributed by atoms with Gasteiger partial charge in [-0.15, -0.1) is 0 Å². The molecule has 3 aromatic rings. The monoisotopic (exact) mass is 518 g/mol. The minimum atomic E-state index is -0.833. The number of methoxy groups -OCH3 is 1. The molecule has 3 aromatic carbocycles. The summed E-state index contributed by atoms with van der Waals surface area (Å²) >= 11 is 0. The number of aromatic hydroxyl groups is 1. The predicted octanol–water partition coefficient (Wildman–Crippen LogP) is 7.12. The number of carboxylic acids is 1. The number of benzene rings is 3. The molecule has 1 unspecified atom stereocenters. The summed E-state index contributed by atoms with van der Waals surface area (Å²) in [5, 5.41) is 19.5. The quantitative estimate of drug-likeness (QED) is 0.324. The van der Waals surface area contributed by atoms with Gasteiger partial charge in [-0.3, -0.25) is 4.79 Å². The Morgan fingerprint density at radius 2 is 1.50 bits per heavy atom. The fourth-order valence-corrected chi connectivity index (χ4v) is 7.35. The van der Waals surface area contributed by atoms with Crippen molar-refractivity contribution in [3.05, 3.63) is 60.2 Å². The first-order valence-corrected chi connectivity index (χ1v) is 13.6. The number of hydrogen-bond donors (Lipinski definition) is 2. The normalized spacial score (nSPS) is 26.0. The summed E-state index contributed by atoms with van der Waals surface area (Å²) in [7, 11) is 1.65. The molecule has 0 saturated heterocycles. The minimum absolute atomic E-state index is 0.186. The average Bonchev–Trinajstić information content (AvgIpc) is 2.87. The molecule has 0 spiro atoms. The lowest BCUT2D eigenvalue weighted by molar-refractivity contribution is -0.150. The van der Waals surface area contributed by atoms with Crippen LogP contribution in [0.2, 0.25) is 0 Å². The third kappa shape index (κ3) is 5.67. The molecule has 0 radical (unpaired) electrons. The number of fused-ring (bicyclic) bond motifs is 1. The van der Waals surface area contributed by atoms with E-state index < -0.39 is 5.97 Å². The highest BCUT2D eigenvalue weighted by molar-refractivity contribution is 5.89. The van der Waals surface area contributed by atoms with E-state index in [1.807, 2.05) is 19.1 Å². The van der Waals surface area contributed by atoms with Gasteiger partial charge in [-0.2, -0.15) is 0 Å². The van der Waals surface area contributed by atoms with Crippen molar-refractivity contribution in [2.75, 3.05) is 13.9 Å². The zero-order chi connectivity index (χ0) is 26.9. The molecule has 4 bridgehead atoms. The van der Waals surface area contributed by atoms with Gasteiger partial charge in [0.25, 0.3) is 5.97 Å². The minimum Gasteiger partial charge on any atom is -0.508 e. The maximum atomic E-state index is 9.68. The highest BCUT2D eigenvalue weighted by Gasteiger charge is 2.52. The van der Waals surface area contributed by atoms with E-state index in [9.17, 15) is 5.11 Å². The highest BCUT2D eigenvalue weighted by atomic mass is 16.7. The van der Waals surface area contributed by atoms with Crippen LogP contribution in [-0.2, 0) is 19.7 Å². The number of phenolic OH excluding ortho intramolecular Hbond substituents is 1. The maximum Gasteiger partial charge on any atom is 0.300 e. The van der Waals surface area contributed by atoms with Gasteiger partial charge in [-0.25, -0.2) is 0 Å². The molecule has 1 atom stereocenters. The average molecular weight is 519 g/mol. The molecular formula is C32H38O6. The molecule has 0 amide bonds. The molecule has 2 N–H and O–H groups in total. The standard InChI is InChI=1S/C30H34O4.C2H4O2/c1-19(32-2)33-18-34-29-14-25-4-3-24(23-5-7-27(31)8-6-23)12-26(25)13-28(29)30-15-20-9-21(16-30)11-22(10-20)17-30;1-2(3)4/h3-8,12-14,19-22,31H,9-11,15-18H2,1-2H3;1H3,(H,3,4). The van der Waals surface area contributed by atoms with E-state index in [0.29, 0.717) is 5.75 Å². The Labute approximate surface area is 224 Å². The van der Waals surface area contributed by atoms with Crippen molar-refractivity contribution in [3.63, 3.8) is 0 Å². The topological polar surface area (TPSA) is 85.2 Å². The molecule has 202 valence electrons. The summed E-state index contributed by atoms with van der Waals surface area (Å²) in [6.07, 6.45) is 7.82. The summed E-state index contributed by atoms with van der Waals surface area (Å²) < 4.78 is 17.2. The van der Waals surface area contributed by atoms with Gasteiger partial charge in [0.1, 0.15) is 11.5 Å². The van der Waals surface area contributed by atoms with Crippen molar-refractivity contribution in [3.8, 4) is 22.6 Å². The van der Waals surface area contributed by atoms with Crippen LogP contribution in [0.3, 0.4) is 0 Å². The van der Waals surface area contributed by atoms with E-state index >= 15 is 0 Å². The number of ether oxygens (including phenoxy) is 3. The number of phenols is 1. The molecule has 6 heteroatoms. The van der Waals surface area contributed by atoms with Gasteiger partial charge < -0.3 is 24.4 Å². The number of carbonyl (C=O) groups is 1. The second-order valence-electron chi connectivity index (χ2n) is 11.4. The van der Waals surface area contributed by atoms with Crippen LogP contribution >= 0.6 is 0 Å². The van der Waals surface area contributed by atoms with Gasteiger partial charge >= 0.3 is 0 Å². The van der Waals surface area contributed by atoms with E-state index in [-0.39, 0.29) is 18.5 Å². The van der Waals surface area contributed by atoms with E-state index in [0.717, 1.165) is 41.6 Å². The van der Waals surface area contributed by atoms with Gasteiger partial charge in [0, 0.05) is 19.6 Å². The molecular weight excluding hydrogens is 480 g/mol. The van der Waals surface area contributed by atoms with Gasteiger partial charge in [0.05, 0.1) is 0 Å². The highest BCUT2D eigenvalue weighted by Crippen LogP contribution is 2.62. The number of hydrogen-bond acceptors (Lipinski definition) is 5. The fourth-order valence-electron chi connectivity index (χ4n) is 7.35. The van der Waals surface area contributed by atoms with Crippen molar-refractivity contribution in [2.45, 2.75) is 64.1 Å². The van der Waals surface area contributed by atoms with Crippen LogP contribution in [0.5, 0.6) is 11.5 Å². The molecule has 38 heavy (non-hydrogen) atoms. The van der Waals surface area contributed by atoms with E-state index in [1.54, 1.807) is 19.2 Å². The largest absolute Gasteiger partial charge is 0.508 e. The molecule has 4 aliphatic rings. The van der Waals surface area contributed by atoms with E-state index in [1.165, 1.54) is 54.9 Å². The zero-order valence-electron chi connectivity index (χ0n) is 22.5. The van der Waals surface area contributed by atoms with Crippen molar-refractivity contribution >= 4 is 16.7 Å². The first-order chi connectivity index (χ1) is 18.2. The van der Waals surface area contributed by atoms with Gasteiger partial charge in [0.2, 0.25) is 0 Å². The summed E-state index contributed by atoms with van der Waals surface area (Å²) in [6.45, 7) is 3.15. The maximum absolute atomic E-state index is 9.68. The van der Waals surface area contributed by atoms with E-state index in [4.69, 9.17) is 24.1 Å². The molecule has 4 fully saturated rings. The van der Waals surface area contributed by atoms with Gasteiger partial charge in [-0.05, 0) is 121 Å². The van der Waals surface area contributed by atoms with Crippen LogP contribution in [0.1, 0.15) is 57.9 Å². The summed E-state index contributed by atoms with van der Waals surface area (Å²) in [4.78, 5) is 9.00. The van der Waals surface area contributed by atoms with Crippen molar-refractivity contribution in [1.29, 1.82) is 0 Å². The Hall–Kier alpha value is -3.09. The second-order valence-corrected chi connectivity index (χ2v) is 11.4. The smallest absolute Gasteiger partial charge is 0.300 e. The van der Waals surface area contributed by atoms with Crippen LogP contribution in [-0.4, -0.2) is 36.4 Å². The number of aliphatic carboxylic acids is 1. The van der Waals surface area contributed by atoms with Gasteiger partial charge in [0.15, 0.2) is 13.1 Å². The third-order valence-corrected chi connectivity index (χ3v) is 8.60. The van der Waals surface area contributed by atoms with Crippen LogP contribution in [0.15, 0.2) is 54.6 Å². The Bertz CT molecular complexity index is 1240. The van der Waals surface area contributed by atoms with Crippen LogP contribution in [0.25, 0.3) is 21.9 Å². The fraction of sp³-hybridized carbons (Fsp3) is 0.469. The molecule has 0 heterocycles. The summed E-state index contributed by atoms with van der Waals surface area (Å²) in [5.74, 6) is 3.02. The second kappa shape index (κ2) is 11.0. The van der Waals surface area contributed by atoms with Crippen LogP contribution in [0.4, 0.5) is 0 Å². The summed E-state index contributed by atoms with van der Waals surface area (Å²) in [6, 6.07) is 18.7. The first-order valence-electron chi connectivity index (χ1n) is 13.6. The predicted molar refractivity (Wildman–Crippen MR) is 147 cm³/mol. The van der Waals surface area contributed by atoms with Crippen LogP contribution < -0.4 is 4.74 Å². The van der Waals surface area contributed by atoms with Gasteiger partial charge in [-0.1, -0.05) is 24.3 Å². The Morgan fingerprint density at radius 1 is 0.921 bits per heavy atom. The number of rotatable bonds is 7.